The van der Waals surface area contributed by atoms with Crippen LogP contribution in [0.1, 0.15) is 6.42 Å². The first-order chi connectivity index (χ1) is 4.27. The van der Waals surface area contributed by atoms with E-state index in [-0.39, 0.29) is 0 Å². The van der Waals surface area contributed by atoms with Crippen LogP contribution in [0.4, 0.5) is 0 Å². The van der Waals surface area contributed by atoms with Crippen LogP contribution in [0.25, 0.3) is 0 Å². The average molecular weight is 127 g/mol. The highest BCUT2D eigenvalue weighted by molar-refractivity contribution is 5.64. The molecule has 0 aliphatic carbocycles. The summed E-state index contributed by atoms with van der Waals surface area (Å²) in [5.74, 6) is 0. The molecule has 0 unspecified atom stereocenters. The molecule has 0 aliphatic heterocycles. The van der Waals surface area contributed by atoms with Gasteiger partial charge in [0, 0.05) is 6.54 Å². The van der Waals surface area contributed by atoms with Crippen molar-refractivity contribution in [2.45, 2.75) is 6.42 Å². The molecule has 2 heteroatoms. The normalized spacial score (nSPS) is 11.0. The van der Waals surface area contributed by atoms with Crippen LogP contribution in [0.2, 0.25) is 0 Å². The average Bonchev–Trinajstić information content (AvgIpc) is 1.80. The number of allylic oxidation sites excluding steroid dienone is 1. The Morgan fingerprint density at radius 2 is 2.11 bits per heavy atom. The van der Waals surface area contributed by atoms with Crippen LogP contribution in [-0.4, -0.2) is 31.8 Å². The van der Waals surface area contributed by atoms with Crippen LogP contribution in [0.3, 0.4) is 0 Å². The van der Waals surface area contributed by atoms with E-state index in [1.165, 1.54) is 6.08 Å². The standard InChI is InChI=1S/C7H13NO/c1-8(2)6-4-3-5-7-9/h3,5,7H,4,6H2,1-2H3/b5-3+. The summed E-state index contributed by atoms with van der Waals surface area (Å²) in [6.07, 6.45) is 5.15. The number of hydrogen-bond acceptors (Lipinski definition) is 2. The zero-order chi connectivity index (χ0) is 7.11. The summed E-state index contributed by atoms with van der Waals surface area (Å²) in [5.41, 5.74) is 0. The second-order valence-electron chi connectivity index (χ2n) is 2.16. The van der Waals surface area contributed by atoms with Crippen molar-refractivity contribution in [3.05, 3.63) is 12.2 Å². The quantitative estimate of drug-likeness (QED) is 0.409. The van der Waals surface area contributed by atoms with Crippen molar-refractivity contribution in [3.63, 3.8) is 0 Å². The summed E-state index contributed by atoms with van der Waals surface area (Å²) in [6, 6.07) is 0. The molecule has 0 aromatic rings. The molecule has 0 rings (SSSR count). The molecule has 0 radical (unpaired) electrons. The third-order valence-corrected chi connectivity index (χ3v) is 0.958. The minimum atomic E-state index is 0.801. The van der Waals surface area contributed by atoms with Crippen LogP contribution < -0.4 is 0 Å². The van der Waals surface area contributed by atoms with E-state index in [1.54, 1.807) is 0 Å². The molecule has 52 valence electrons. The Hall–Kier alpha value is -0.630. The highest BCUT2D eigenvalue weighted by Crippen LogP contribution is 1.83. The van der Waals surface area contributed by atoms with Gasteiger partial charge in [0.2, 0.25) is 0 Å². The first-order valence-electron chi connectivity index (χ1n) is 3.02. The van der Waals surface area contributed by atoms with Gasteiger partial charge in [0.15, 0.2) is 0 Å². The summed E-state index contributed by atoms with van der Waals surface area (Å²) in [4.78, 5) is 11.8. The molecule has 0 N–H and O–H groups in total. The lowest BCUT2D eigenvalue weighted by atomic mass is 10.4. The van der Waals surface area contributed by atoms with Crippen molar-refractivity contribution in [2.24, 2.45) is 0 Å². The second-order valence-corrected chi connectivity index (χ2v) is 2.16. The van der Waals surface area contributed by atoms with Crippen molar-refractivity contribution in [2.75, 3.05) is 20.6 Å². The van der Waals surface area contributed by atoms with E-state index in [2.05, 4.69) is 4.90 Å². The summed E-state index contributed by atoms with van der Waals surface area (Å²) >= 11 is 0. The summed E-state index contributed by atoms with van der Waals surface area (Å²) in [7, 11) is 4.02. The van der Waals surface area contributed by atoms with Gasteiger partial charge >= 0.3 is 0 Å². The van der Waals surface area contributed by atoms with E-state index in [9.17, 15) is 4.79 Å². The van der Waals surface area contributed by atoms with Gasteiger partial charge in [-0.25, -0.2) is 0 Å². The smallest absolute Gasteiger partial charge is 0.142 e. The molecule has 0 saturated heterocycles. The first-order valence-corrected chi connectivity index (χ1v) is 3.02. The summed E-state index contributed by atoms with van der Waals surface area (Å²) in [6.45, 7) is 1.00. The van der Waals surface area contributed by atoms with E-state index in [0.717, 1.165) is 19.3 Å². The second kappa shape index (κ2) is 5.51. The highest BCUT2D eigenvalue weighted by Gasteiger charge is 1.83. The number of carbonyl (C=O) groups is 1. The lowest BCUT2D eigenvalue weighted by molar-refractivity contribution is -0.104. The van der Waals surface area contributed by atoms with Crippen molar-refractivity contribution >= 4 is 6.29 Å². The van der Waals surface area contributed by atoms with Gasteiger partial charge in [-0.1, -0.05) is 6.08 Å². The highest BCUT2D eigenvalue weighted by atomic mass is 16.1. The van der Waals surface area contributed by atoms with Crippen LogP contribution >= 0.6 is 0 Å². The maximum Gasteiger partial charge on any atom is 0.142 e. The Kier molecular flexibility index (Phi) is 5.12. The van der Waals surface area contributed by atoms with E-state index in [0.29, 0.717) is 0 Å². The SMILES string of the molecule is CN(C)CC/C=C/C=O. The maximum atomic E-state index is 9.75. The molecule has 9 heavy (non-hydrogen) atoms. The fourth-order valence-corrected chi connectivity index (χ4v) is 0.485. The molecule has 2 nitrogen and oxygen atoms in total. The Morgan fingerprint density at radius 1 is 1.44 bits per heavy atom. The van der Waals surface area contributed by atoms with E-state index >= 15 is 0 Å². The van der Waals surface area contributed by atoms with Gasteiger partial charge in [0.1, 0.15) is 6.29 Å². The molecule has 0 aliphatic rings. The molecule has 0 heterocycles. The largest absolute Gasteiger partial charge is 0.309 e. The summed E-state index contributed by atoms with van der Waals surface area (Å²) in [5, 5.41) is 0. The van der Waals surface area contributed by atoms with Crippen LogP contribution in [0.5, 0.6) is 0 Å². The molecule has 0 aromatic heterocycles. The number of carbonyl (C=O) groups excluding carboxylic acids is 1. The monoisotopic (exact) mass is 127 g/mol. The molecular formula is C7H13NO. The Labute approximate surface area is 56.2 Å². The van der Waals surface area contributed by atoms with Crippen LogP contribution in [-0.2, 0) is 4.79 Å². The molecule has 0 amide bonds. The molecule has 0 spiro atoms. The van der Waals surface area contributed by atoms with E-state index in [1.807, 2.05) is 20.2 Å². The van der Waals surface area contributed by atoms with Gasteiger partial charge in [0.05, 0.1) is 0 Å². The molecule has 0 saturated carbocycles. The number of aldehydes is 1. The molecule has 0 fully saturated rings. The summed E-state index contributed by atoms with van der Waals surface area (Å²) < 4.78 is 0. The van der Waals surface area contributed by atoms with Gasteiger partial charge in [-0.3, -0.25) is 4.79 Å². The van der Waals surface area contributed by atoms with Crippen LogP contribution in [0.15, 0.2) is 12.2 Å². The minimum absolute atomic E-state index is 0.801. The first kappa shape index (κ1) is 8.37. The zero-order valence-electron chi connectivity index (χ0n) is 6.00. The predicted molar refractivity (Wildman–Crippen MR) is 38.4 cm³/mol. The third kappa shape index (κ3) is 7.37. The number of hydrogen-bond donors (Lipinski definition) is 0. The molecular weight excluding hydrogens is 114 g/mol. The van der Waals surface area contributed by atoms with Crippen LogP contribution in [0, 0.1) is 0 Å². The number of rotatable bonds is 4. The Bertz CT molecular complexity index is 97.1. The topological polar surface area (TPSA) is 20.3 Å². The molecule has 0 bridgehead atoms. The fraction of sp³-hybridized carbons (Fsp3) is 0.571. The minimum Gasteiger partial charge on any atom is -0.309 e. The predicted octanol–water partition coefficient (Wildman–Crippen LogP) is 0.693. The van der Waals surface area contributed by atoms with Gasteiger partial charge in [-0.15, -0.1) is 0 Å². The Balaban J connectivity index is 3.08. The molecule has 0 aromatic carbocycles. The zero-order valence-corrected chi connectivity index (χ0v) is 6.00. The maximum absolute atomic E-state index is 9.75. The Morgan fingerprint density at radius 3 is 2.56 bits per heavy atom. The lowest BCUT2D eigenvalue weighted by Gasteiger charge is -2.04. The van der Waals surface area contributed by atoms with Crippen molar-refractivity contribution < 1.29 is 4.79 Å². The van der Waals surface area contributed by atoms with E-state index in [4.69, 9.17) is 0 Å². The van der Waals surface area contributed by atoms with Crippen molar-refractivity contribution in [3.8, 4) is 0 Å². The third-order valence-electron chi connectivity index (χ3n) is 0.958. The van der Waals surface area contributed by atoms with Gasteiger partial charge in [-0.2, -0.15) is 0 Å². The van der Waals surface area contributed by atoms with Crippen molar-refractivity contribution in [1.82, 2.24) is 4.90 Å². The van der Waals surface area contributed by atoms with Gasteiger partial charge in [0.25, 0.3) is 0 Å². The van der Waals surface area contributed by atoms with Crippen molar-refractivity contribution in [1.29, 1.82) is 0 Å². The molecule has 0 atom stereocenters. The van der Waals surface area contributed by atoms with Gasteiger partial charge < -0.3 is 4.90 Å². The number of nitrogens with zero attached hydrogens (tertiary/aromatic N) is 1. The fourth-order valence-electron chi connectivity index (χ4n) is 0.485. The lowest BCUT2D eigenvalue weighted by Crippen LogP contribution is -2.11. The van der Waals surface area contributed by atoms with E-state index < -0.39 is 0 Å². The van der Waals surface area contributed by atoms with Gasteiger partial charge in [-0.05, 0) is 26.6 Å².